The van der Waals surface area contributed by atoms with Crippen LogP contribution in [0.25, 0.3) is 10.8 Å². The van der Waals surface area contributed by atoms with Crippen molar-refractivity contribution in [2.24, 2.45) is 0 Å². The summed E-state index contributed by atoms with van der Waals surface area (Å²) in [5.74, 6) is 1.67. The molecule has 0 bridgehead atoms. The Kier molecular flexibility index (Phi) is 6.70. The minimum absolute atomic E-state index is 0.473. The molecule has 1 aliphatic rings. The van der Waals surface area contributed by atoms with Crippen LogP contribution >= 0.6 is 0 Å². The molecule has 7 nitrogen and oxygen atoms in total. The van der Waals surface area contributed by atoms with Gasteiger partial charge < -0.3 is 20.7 Å². The van der Waals surface area contributed by atoms with Gasteiger partial charge >= 0.3 is 0 Å². The molecule has 0 spiro atoms. The molecule has 1 saturated heterocycles. The zero-order valence-electron chi connectivity index (χ0n) is 18.5. The summed E-state index contributed by atoms with van der Waals surface area (Å²) in [7, 11) is 0. The third-order valence-electron chi connectivity index (χ3n) is 5.76. The van der Waals surface area contributed by atoms with Gasteiger partial charge in [-0.25, -0.2) is 4.98 Å². The van der Waals surface area contributed by atoms with Crippen LogP contribution in [0.1, 0.15) is 16.8 Å². The molecule has 5 rings (SSSR count). The number of pyridine rings is 1. The number of hydrogen-bond acceptors (Lipinski definition) is 7. The molecule has 1 fully saturated rings. The second-order valence-corrected chi connectivity index (χ2v) is 8.22. The van der Waals surface area contributed by atoms with E-state index >= 15 is 0 Å². The van der Waals surface area contributed by atoms with Gasteiger partial charge in [-0.1, -0.05) is 60.7 Å². The quantitative estimate of drug-likeness (QED) is 0.325. The molecule has 0 amide bonds. The van der Waals surface area contributed by atoms with Crippen LogP contribution in [0.15, 0.2) is 72.9 Å². The van der Waals surface area contributed by atoms with Gasteiger partial charge in [-0.3, -0.25) is 0 Å². The molecular weight excluding hydrogens is 412 g/mol. The number of ether oxygens (including phenoxy) is 1. The van der Waals surface area contributed by atoms with E-state index in [4.69, 9.17) is 4.74 Å². The van der Waals surface area contributed by atoms with Gasteiger partial charge in [0.2, 0.25) is 0 Å². The summed E-state index contributed by atoms with van der Waals surface area (Å²) in [6, 6.07) is 23.3. The first-order valence-electron chi connectivity index (χ1n) is 11.4. The van der Waals surface area contributed by atoms with Gasteiger partial charge in [-0.2, -0.15) is 5.10 Å². The average molecular weight is 441 g/mol. The summed E-state index contributed by atoms with van der Waals surface area (Å²) in [5, 5.41) is 21.5. The molecule has 7 heteroatoms. The maximum absolute atomic E-state index is 5.18. The predicted octanol–water partition coefficient (Wildman–Crippen LogP) is 3.63. The SMILES string of the molecule is c1ccc(Cc2nnc(NCCNc3ccc(CNC4COC4)cn3)c3ccccc23)cc1. The van der Waals surface area contributed by atoms with Crippen molar-refractivity contribution in [3.05, 3.63) is 89.7 Å². The predicted molar refractivity (Wildman–Crippen MR) is 131 cm³/mol. The molecule has 1 aliphatic heterocycles. The van der Waals surface area contributed by atoms with E-state index in [9.17, 15) is 0 Å². The third kappa shape index (κ3) is 5.45. The van der Waals surface area contributed by atoms with Gasteiger partial charge in [-0.15, -0.1) is 5.10 Å². The van der Waals surface area contributed by atoms with Crippen molar-refractivity contribution < 1.29 is 4.74 Å². The molecule has 4 aromatic rings. The molecule has 0 saturated carbocycles. The normalized spacial score (nSPS) is 13.6. The number of nitrogens with one attached hydrogen (secondary N) is 3. The first-order chi connectivity index (χ1) is 16.3. The monoisotopic (exact) mass is 440 g/mol. The summed E-state index contributed by atoms with van der Waals surface area (Å²) in [6.07, 6.45) is 2.68. The Morgan fingerprint density at radius 2 is 1.58 bits per heavy atom. The summed E-state index contributed by atoms with van der Waals surface area (Å²) in [6.45, 7) is 3.86. The lowest BCUT2D eigenvalue weighted by Gasteiger charge is -2.26. The maximum Gasteiger partial charge on any atom is 0.156 e. The highest BCUT2D eigenvalue weighted by atomic mass is 16.5. The Labute approximate surface area is 193 Å². The van der Waals surface area contributed by atoms with Crippen LogP contribution in [0.5, 0.6) is 0 Å². The van der Waals surface area contributed by atoms with Crippen molar-refractivity contribution in [2.75, 3.05) is 36.9 Å². The van der Waals surface area contributed by atoms with Crippen molar-refractivity contribution >= 4 is 22.4 Å². The van der Waals surface area contributed by atoms with Gasteiger partial charge in [0.25, 0.3) is 0 Å². The lowest BCUT2D eigenvalue weighted by molar-refractivity contribution is -0.00579. The smallest absolute Gasteiger partial charge is 0.156 e. The van der Waals surface area contributed by atoms with Crippen LogP contribution < -0.4 is 16.0 Å². The molecule has 0 aliphatic carbocycles. The number of benzene rings is 2. The molecule has 2 aromatic heterocycles. The molecule has 33 heavy (non-hydrogen) atoms. The van der Waals surface area contributed by atoms with Crippen molar-refractivity contribution in [1.82, 2.24) is 20.5 Å². The van der Waals surface area contributed by atoms with Crippen molar-refractivity contribution in [2.45, 2.75) is 19.0 Å². The topological polar surface area (TPSA) is 84.0 Å². The highest BCUT2D eigenvalue weighted by Crippen LogP contribution is 2.24. The van der Waals surface area contributed by atoms with Crippen molar-refractivity contribution in [3.8, 4) is 0 Å². The van der Waals surface area contributed by atoms with E-state index in [1.54, 1.807) is 0 Å². The van der Waals surface area contributed by atoms with Gasteiger partial charge in [-0.05, 0) is 17.2 Å². The fourth-order valence-electron chi connectivity index (χ4n) is 3.83. The fraction of sp³-hybridized carbons (Fsp3) is 0.269. The second kappa shape index (κ2) is 10.4. The number of fused-ring (bicyclic) bond motifs is 1. The summed E-state index contributed by atoms with van der Waals surface area (Å²) >= 11 is 0. The van der Waals surface area contributed by atoms with Crippen LogP contribution in [0.2, 0.25) is 0 Å². The van der Waals surface area contributed by atoms with Gasteiger partial charge in [0, 0.05) is 43.0 Å². The van der Waals surface area contributed by atoms with Gasteiger partial charge in [0.1, 0.15) is 5.82 Å². The van der Waals surface area contributed by atoms with E-state index in [0.29, 0.717) is 12.6 Å². The summed E-state index contributed by atoms with van der Waals surface area (Å²) in [4.78, 5) is 4.51. The van der Waals surface area contributed by atoms with E-state index in [-0.39, 0.29) is 0 Å². The van der Waals surface area contributed by atoms with Crippen LogP contribution in [0.3, 0.4) is 0 Å². The molecule has 3 heterocycles. The molecule has 3 N–H and O–H groups in total. The molecule has 2 aromatic carbocycles. The highest BCUT2D eigenvalue weighted by Gasteiger charge is 2.16. The number of hydrogen-bond donors (Lipinski definition) is 3. The van der Waals surface area contributed by atoms with E-state index in [1.165, 1.54) is 11.1 Å². The van der Waals surface area contributed by atoms with Crippen LogP contribution in [-0.2, 0) is 17.7 Å². The minimum Gasteiger partial charge on any atom is -0.378 e. The number of aromatic nitrogens is 3. The largest absolute Gasteiger partial charge is 0.378 e. The van der Waals surface area contributed by atoms with E-state index in [1.807, 2.05) is 24.4 Å². The third-order valence-corrected chi connectivity index (χ3v) is 5.76. The molecule has 0 radical (unpaired) electrons. The van der Waals surface area contributed by atoms with E-state index < -0.39 is 0 Å². The minimum atomic E-state index is 0.473. The zero-order chi connectivity index (χ0) is 22.3. The highest BCUT2D eigenvalue weighted by molar-refractivity contribution is 5.93. The Morgan fingerprint density at radius 3 is 2.33 bits per heavy atom. The molecular formula is C26H28N6O. The lowest BCUT2D eigenvalue weighted by Crippen LogP contribution is -2.45. The van der Waals surface area contributed by atoms with Gasteiger partial charge in [0.15, 0.2) is 5.82 Å². The summed E-state index contributed by atoms with van der Waals surface area (Å²) < 4.78 is 5.18. The van der Waals surface area contributed by atoms with Crippen LogP contribution in [-0.4, -0.2) is 47.5 Å². The zero-order valence-corrected chi connectivity index (χ0v) is 18.5. The number of anilines is 2. The van der Waals surface area contributed by atoms with Gasteiger partial charge in [0.05, 0.1) is 24.9 Å². The molecule has 0 atom stereocenters. The Balaban J connectivity index is 1.16. The number of nitrogens with zero attached hydrogens (tertiary/aromatic N) is 3. The van der Waals surface area contributed by atoms with Crippen molar-refractivity contribution in [3.63, 3.8) is 0 Å². The summed E-state index contributed by atoms with van der Waals surface area (Å²) in [5.41, 5.74) is 3.39. The Morgan fingerprint density at radius 1 is 0.788 bits per heavy atom. The standard InChI is InChI=1S/C26H28N6O/c1-2-6-19(7-3-1)14-24-22-8-4-5-9-23(22)26(32-31-24)28-13-12-27-25-11-10-20(16-30-25)15-29-21-17-33-18-21/h1-11,16,21,29H,12-15,17-18H2,(H,27,30)(H,28,32). The molecule has 168 valence electrons. The maximum atomic E-state index is 5.18. The molecule has 0 unspecified atom stereocenters. The van der Waals surface area contributed by atoms with Crippen LogP contribution in [0, 0.1) is 0 Å². The second-order valence-electron chi connectivity index (χ2n) is 8.22. The van der Waals surface area contributed by atoms with Crippen LogP contribution in [0.4, 0.5) is 11.6 Å². The number of rotatable bonds is 10. The fourth-order valence-corrected chi connectivity index (χ4v) is 3.83. The first kappa shape index (κ1) is 21.3. The average Bonchev–Trinajstić information content (AvgIpc) is 2.83. The van der Waals surface area contributed by atoms with E-state index in [2.05, 4.69) is 79.7 Å². The Bertz CT molecular complexity index is 1180. The first-order valence-corrected chi connectivity index (χ1v) is 11.4. The Hall–Kier alpha value is -3.55. The van der Waals surface area contributed by atoms with Crippen molar-refractivity contribution in [1.29, 1.82) is 0 Å². The lowest BCUT2D eigenvalue weighted by atomic mass is 10.0. The van der Waals surface area contributed by atoms with E-state index in [0.717, 1.165) is 60.8 Å².